The van der Waals surface area contributed by atoms with E-state index in [1.807, 2.05) is 31.2 Å². The Hall–Kier alpha value is -2.02. The zero-order valence-electron chi connectivity index (χ0n) is 17.0. The van der Waals surface area contributed by atoms with Gasteiger partial charge in [-0.15, -0.1) is 16.4 Å². The fourth-order valence-corrected chi connectivity index (χ4v) is 3.31. The quantitative estimate of drug-likeness (QED) is 0.392. The number of hydrogen-bond acceptors (Lipinski definition) is 0. The van der Waals surface area contributed by atoms with Gasteiger partial charge in [-0.1, -0.05) is 66.6 Å². The summed E-state index contributed by atoms with van der Waals surface area (Å²) in [6.45, 7) is 11.9. The average Bonchev–Trinajstić information content (AvgIpc) is 2.58. The second-order valence-corrected chi connectivity index (χ2v) is 6.54. The van der Waals surface area contributed by atoms with E-state index in [0.29, 0.717) is 0 Å². The van der Waals surface area contributed by atoms with E-state index < -0.39 is 0 Å². The lowest BCUT2D eigenvalue weighted by Gasteiger charge is -2.21. The monoisotopic (exact) mass is 322 g/mol. The van der Waals surface area contributed by atoms with Gasteiger partial charge in [0.25, 0.3) is 0 Å². The van der Waals surface area contributed by atoms with Crippen LogP contribution in [0.25, 0.3) is 5.57 Å². The van der Waals surface area contributed by atoms with Crippen LogP contribution in [0.1, 0.15) is 19.4 Å². The molecule has 0 amide bonds. The summed E-state index contributed by atoms with van der Waals surface area (Å²) < 4.78 is 0. The lowest BCUT2D eigenvalue weighted by Crippen LogP contribution is -2.56. The summed E-state index contributed by atoms with van der Waals surface area (Å²) in [5.41, 5.74) is 11.8. The molecule has 0 heterocycles. The maximum Gasteiger partial charge on any atom is 0.139 e. The summed E-state index contributed by atoms with van der Waals surface area (Å²) in [5, 5.41) is 0. The Labute approximate surface area is 158 Å². The van der Waals surface area contributed by atoms with Crippen LogP contribution in [-0.2, 0) is 0 Å². The van der Waals surface area contributed by atoms with Crippen molar-refractivity contribution in [1.82, 2.24) is 0 Å². The standard InChI is InChI=1S/C20H27B5/c1-5-8-13(9-6-2)14(10-7-3)11-12(4)15-16(21)18(23)20(25)19(24)17(15)22/h5-11H,1,3,21-25H2,2,4H3/b9-6-,12-11+,13-8+,14-10+. The van der Waals surface area contributed by atoms with Gasteiger partial charge in [0.15, 0.2) is 0 Å². The first-order valence-electron chi connectivity index (χ1n) is 8.84. The van der Waals surface area contributed by atoms with Crippen molar-refractivity contribution >= 4 is 72.1 Å². The Bertz CT molecular complexity index is 779. The van der Waals surface area contributed by atoms with Gasteiger partial charge in [0.05, 0.1) is 0 Å². The lowest BCUT2D eigenvalue weighted by molar-refractivity contribution is 1.51. The van der Waals surface area contributed by atoms with Crippen LogP contribution in [0.2, 0.25) is 0 Å². The van der Waals surface area contributed by atoms with Crippen LogP contribution < -0.4 is 27.3 Å². The first kappa shape index (κ1) is 21.0. The summed E-state index contributed by atoms with van der Waals surface area (Å²) in [6.07, 6.45) is 14.2. The maximum atomic E-state index is 3.88. The van der Waals surface area contributed by atoms with Gasteiger partial charge in [-0.3, -0.25) is 0 Å². The molecule has 0 bridgehead atoms. The highest BCUT2D eigenvalue weighted by Crippen LogP contribution is 2.19. The van der Waals surface area contributed by atoms with Crippen molar-refractivity contribution in [2.45, 2.75) is 13.8 Å². The molecule has 1 aromatic carbocycles. The highest BCUT2D eigenvalue weighted by Gasteiger charge is 2.13. The van der Waals surface area contributed by atoms with E-state index in [-0.39, 0.29) is 0 Å². The molecule has 25 heavy (non-hydrogen) atoms. The topological polar surface area (TPSA) is 0 Å². The van der Waals surface area contributed by atoms with E-state index in [9.17, 15) is 0 Å². The molecule has 122 valence electrons. The third kappa shape index (κ3) is 4.75. The Morgan fingerprint density at radius 2 is 1.20 bits per heavy atom. The van der Waals surface area contributed by atoms with Crippen LogP contribution in [0.5, 0.6) is 0 Å². The summed E-state index contributed by atoms with van der Waals surface area (Å²) >= 11 is 0. The van der Waals surface area contributed by atoms with E-state index in [1.54, 1.807) is 0 Å². The van der Waals surface area contributed by atoms with Gasteiger partial charge in [-0.25, -0.2) is 0 Å². The number of hydrogen-bond donors (Lipinski definition) is 0. The average molecular weight is 321 g/mol. The van der Waals surface area contributed by atoms with Crippen LogP contribution in [-0.4, -0.2) is 39.2 Å². The third-order valence-electron chi connectivity index (χ3n) is 5.04. The molecule has 0 nitrogen and oxygen atoms in total. The van der Waals surface area contributed by atoms with E-state index in [2.05, 4.69) is 77.5 Å². The number of benzene rings is 1. The minimum Gasteiger partial charge on any atom is -0.102 e. The smallest absolute Gasteiger partial charge is 0.102 e. The molecule has 0 saturated carbocycles. The normalized spacial score (nSPS) is 13.3. The molecule has 5 heteroatoms. The number of allylic oxidation sites excluding steroid dienone is 10. The predicted octanol–water partition coefficient (Wildman–Crippen LogP) is -2.82. The molecule has 0 fully saturated rings. The van der Waals surface area contributed by atoms with Crippen molar-refractivity contribution < 1.29 is 0 Å². The Balaban J connectivity index is 3.64. The molecular formula is C20H27B5. The molecule has 0 aliphatic carbocycles. The van der Waals surface area contributed by atoms with Crippen molar-refractivity contribution in [3.05, 3.63) is 72.4 Å². The van der Waals surface area contributed by atoms with Crippen molar-refractivity contribution in [1.29, 1.82) is 0 Å². The summed E-state index contributed by atoms with van der Waals surface area (Å²) in [5.74, 6) is 0. The molecule has 0 spiro atoms. The Morgan fingerprint density at radius 3 is 1.64 bits per heavy atom. The Kier molecular flexibility index (Phi) is 7.96. The largest absolute Gasteiger partial charge is 0.139 e. The summed E-state index contributed by atoms with van der Waals surface area (Å²) in [7, 11) is 11.1. The highest BCUT2D eigenvalue weighted by atomic mass is 14.1. The van der Waals surface area contributed by atoms with Crippen LogP contribution in [0.15, 0.2) is 66.8 Å². The minimum atomic E-state index is 1.13. The lowest BCUT2D eigenvalue weighted by atomic mass is 9.59. The van der Waals surface area contributed by atoms with E-state index >= 15 is 0 Å². The second-order valence-electron chi connectivity index (χ2n) is 6.54. The van der Waals surface area contributed by atoms with E-state index in [0.717, 1.165) is 11.1 Å². The van der Waals surface area contributed by atoms with Gasteiger partial charge < -0.3 is 0 Å². The van der Waals surface area contributed by atoms with E-state index in [4.69, 9.17) is 0 Å². The molecule has 0 aliphatic rings. The predicted molar refractivity (Wildman–Crippen MR) is 132 cm³/mol. The summed E-state index contributed by atoms with van der Waals surface area (Å²) in [4.78, 5) is 0. The maximum absolute atomic E-state index is 3.88. The van der Waals surface area contributed by atoms with Gasteiger partial charge in [0.1, 0.15) is 39.2 Å². The van der Waals surface area contributed by atoms with Crippen LogP contribution >= 0.6 is 0 Å². The zero-order chi connectivity index (χ0) is 19.1. The van der Waals surface area contributed by atoms with Gasteiger partial charge in [-0.05, 0) is 36.1 Å². The molecule has 1 aromatic rings. The molecular weight excluding hydrogens is 294 g/mol. The summed E-state index contributed by atoms with van der Waals surface area (Å²) in [6, 6.07) is 0. The molecule has 0 saturated heterocycles. The fourth-order valence-electron chi connectivity index (χ4n) is 3.31. The third-order valence-corrected chi connectivity index (χ3v) is 5.04. The zero-order valence-corrected chi connectivity index (χ0v) is 17.0. The van der Waals surface area contributed by atoms with Crippen molar-refractivity contribution in [2.24, 2.45) is 0 Å². The fraction of sp³-hybridized carbons (Fsp3) is 0.100. The molecule has 0 aliphatic heterocycles. The second kappa shape index (κ2) is 9.46. The molecule has 0 radical (unpaired) electrons. The molecule has 0 aromatic heterocycles. The van der Waals surface area contributed by atoms with Crippen LogP contribution in [0.4, 0.5) is 0 Å². The van der Waals surface area contributed by atoms with Gasteiger partial charge in [0, 0.05) is 0 Å². The van der Waals surface area contributed by atoms with Crippen molar-refractivity contribution in [3.63, 3.8) is 0 Å². The highest BCUT2D eigenvalue weighted by molar-refractivity contribution is 6.67. The SMILES string of the molecule is Bc1c(B)c(B)c(/C(C)=C/C(=C\C=C)C(/C=C\C)=C/C=C)c(B)c1B. The van der Waals surface area contributed by atoms with Crippen LogP contribution in [0.3, 0.4) is 0 Å². The number of rotatable bonds is 6. The van der Waals surface area contributed by atoms with Gasteiger partial charge in [-0.2, -0.15) is 0 Å². The van der Waals surface area contributed by atoms with E-state index in [1.165, 1.54) is 38.5 Å². The first-order chi connectivity index (χ1) is 11.8. The molecule has 1 rings (SSSR count). The van der Waals surface area contributed by atoms with Crippen molar-refractivity contribution in [2.75, 3.05) is 0 Å². The van der Waals surface area contributed by atoms with Gasteiger partial charge in [0.2, 0.25) is 0 Å². The Morgan fingerprint density at radius 1 is 0.760 bits per heavy atom. The molecule has 0 atom stereocenters. The first-order valence-corrected chi connectivity index (χ1v) is 8.84. The molecule has 0 N–H and O–H groups in total. The minimum absolute atomic E-state index is 1.13. The van der Waals surface area contributed by atoms with Gasteiger partial charge >= 0.3 is 0 Å². The van der Waals surface area contributed by atoms with Crippen LogP contribution in [0, 0.1) is 0 Å². The molecule has 0 unspecified atom stereocenters. The van der Waals surface area contributed by atoms with Crippen molar-refractivity contribution in [3.8, 4) is 0 Å².